The standard InChI is InChI=1S/C18H18FNO4/c1-20(2)17(21)16(12-7-5-4-6-8-12)24-18(22)14-10-9-13(23-3)11-15(14)19/h4-11,16H,1-3H3/t16-/m1/s1. The van der Waals surface area contributed by atoms with Crippen molar-refractivity contribution in [3.05, 3.63) is 65.5 Å². The fourth-order valence-electron chi connectivity index (χ4n) is 2.08. The van der Waals surface area contributed by atoms with Crippen LogP contribution >= 0.6 is 0 Å². The van der Waals surface area contributed by atoms with Gasteiger partial charge < -0.3 is 14.4 Å². The van der Waals surface area contributed by atoms with E-state index in [4.69, 9.17) is 9.47 Å². The van der Waals surface area contributed by atoms with E-state index in [1.54, 1.807) is 44.4 Å². The Morgan fingerprint density at radius 1 is 1.08 bits per heavy atom. The lowest BCUT2D eigenvalue weighted by Crippen LogP contribution is -2.31. The number of hydrogen-bond donors (Lipinski definition) is 0. The summed E-state index contributed by atoms with van der Waals surface area (Å²) in [5.41, 5.74) is 0.252. The van der Waals surface area contributed by atoms with Crippen LogP contribution in [0.5, 0.6) is 5.75 Å². The molecule has 5 nitrogen and oxygen atoms in total. The van der Waals surface area contributed by atoms with Gasteiger partial charge in [0.05, 0.1) is 12.7 Å². The number of benzene rings is 2. The van der Waals surface area contributed by atoms with Crippen LogP contribution < -0.4 is 4.74 Å². The number of carbonyl (C=O) groups is 2. The van der Waals surface area contributed by atoms with Crippen molar-refractivity contribution < 1.29 is 23.5 Å². The highest BCUT2D eigenvalue weighted by molar-refractivity contribution is 5.93. The maximum Gasteiger partial charge on any atom is 0.342 e. The number of halogens is 1. The molecule has 0 unspecified atom stereocenters. The number of carbonyl (C=O) groups excluding carboxylic acids is 2. The predicted molar refractivity (Wildman–Crippen MR) is 86.2 cm³/mol. The summed E-state index contributed by atoms with van der Waals surface area (Å²) < 4.78 is 24.2. The smallest absolute Gasteiger partial charge is 0.342 e. The zero-order valence-corrected chi connectivity index (χ0v) is 13.7. The second kappa shape index (κ2) is 7.59. The summed E-state index contributed by atoms with van der Waals surface area (Å²) in [7, 11) is 4.51. The summed E-state index contributed by atoms with van der Waals surface area (Å²) in [6.07, 6.45) is -1.14. The lowest BCUT2D eigenvalue weighted by molar-refractivity contribution is -0.138. The quantitative estimate of drug-likeness (QED) is 0.791. The second-order valence-electron chi connectivity index (χ2n) is 5.27. The van der Waals surface area contributed by atoms with Gasteiger partial charge in [0.2, 0.25) is 6.10 Å². The summed E-state index contributed by atoms with van der Waals surface area (Å²) in [4.78, 5) is 25.9. The molecule has 2 aromatic carbocycles. The normalized spacial score (nSPS) is 11.5. The molecule has 0 saturated heterocycles. The van der Waals surface area contributed by atoms with Crippen molar-refractivity contribution in [2.24, 2.45) is 0 Å². The molecule has 0 aliphatic rings. The van der Waals surface area contributed by atoms with E-state index in [0.29, 0.717) is 5.56 Å². The predicted octanol–water partition coefficient (Wildman–Crippen LogP) is 2.82. The zero-order valence-electron chi connectivity index (χ0n) is 13.7. The van der Waals surface area contributed by atoms with Crippen LogP contribution in [0, 0.1) is 5.82 Å². The lowest BCUT2D eigenvalue weighted by Gasteiger charge is -2.21. The Morgan fingerprint density at radius 2 is 1.75 bits per heavy atom. The van der Waals surface area contributed by atoms with Crippen molar-refractivity contribution in [3.63, 3.8) is 0 Å². The van der Waals surface area contributed by atoms with Gasteiger partial charge in [-0.25, -0.2) is 9.18 Å². The third-order valence-electron chi connectivity index (χ3n) is 3.39. The number of methoxy groups -OCH3 is 1. The molecule has 0 aliphatic carbocycles. The first-order valence-corrected chi connectivity index (χ1v) is 7.24. The van der Waals surface area contributed by atoms with Gasteiger partial charge in [0, 0.05) is 25.7 Å². The van der Waals surface area contributed by atoms with Crippen molar-refractivity contribution >= 4 is 11.9 Å². The average molecular weight is 331 g/mol. The van der Waals surface area contributed by atoms with Crippen molar-refractivity contribution in [2.75, 3.05) is 21.2 Å². The van der Waals surface area contributed by atoms with E-state index in [9.17, 15) is 14.0 Å². The molecule has 0 bridgehead atoms. The summed E-state index contributed by atoms with van der Waals surface area (Å²) in [5.74, 6) is -1.82. The average Bonchev–Trinajstić information content (AvgIpc) is 2.59. The summed E-state index contributed by atoms with van der Waals surface area (Å²) in [5, 5.41) is 0. The molecular weight excluding hydrogens is 313 g/mol. The molecule has 0 aromatic heterocycles. The number of rotatable bonds is 5. The number of hydrogen-bond acceptors (Lipinski definition) is 4. The first-order valence-electron chi connectivity index (χ1n) is 7.24. The third-order valence-corrected chi connectivity index (χ3v) is 3.39. The molecular formula is C18H18FNO4. The molecule has 0 radical (unpaired) electrons. The maximum absolute atomic E-state index is 14.0. The Labute approximate surface area is 139 Å². The maximum atomic E-state index is 14.0. The van der Waals surface area contributed by atoms with Crippen molar-refractivity contribution in [2.45, 2.75) is 6.10 Å². The first kappa shape index (κ1) is 17.5. The molecule has 0 N–H and O–H groups in total. The molecule has 1 atom stereocenters. The van der Waals surface area contributed by atoms with Crippen LogP contribution in [0.3, 0.4) is 0 Å². The van der Waals surface area contributed by atoms with Crippen LogP contribution in [0.15, 0.2) is 48.5 Å². The van der Waals surface area contributed by atoms with Gasteiger partial charge in [0.15, 0.2) is 0 Å². The number of amides is 1. The Hall–Kier alpha value is -2.89. The topological polar surface area (TPSA) is 55.8 Å². The van der Waals surface area contributed by atoms with Crippen molar-refractivity contribution in [1.29, 1.82) is 0 Å². The number of esters is 1. The van der Waals surface area contributed by atoms with E-state index in [2.05, 4.69) is 0 Å². The Bertz CT molecular complexity index is 731. The molecule has 6 heteroatoms. The number of likely N-dealkylation sites (N-methyl/N-ethyl adjacent to an activating group) is 1. The molecule has 2 aromatic rings. The van der Waals surface area contributed by atoms with Crippen LogP contribution in [0.1, 0.15) is 22.0 Å². The van der Waals surface area contributed by atoms with Crippen LogP contribution in [0.4, 0.5) is 4.39 Å². The monoisotopic (exact) mass is 331 g/mol. The number of ether oxygens (including phenoxy) is 2. The Balaban J connectivity index is 2.29. The summed E-state index contributed by atoms with van der Waals surface area (Å²) in [6.45, 7) is 0. The molecule has 0 heterocycles. The van der Waals surface area contributed by atoms with Gasteiger partial charge >= 0.3 is 5.97 Å². The van der Waals surface area contributed by atoms with Gasteiger partial charge in [-0.2, -0.15) is 0 Å². The van der Waals surface area contributed by atoms with Crippen molar-refractivity contribution in [3.8, 4) is 5.75 Å². The largest absolute Gasteiger partial charge is 0.497 e. The second-order valence-corrected chi connectivity index (χ2v) is 5.27. The van der Waals surface area contributed by atoms with Gasteiger partial charge in [-0.15, -0.1) is 0 Å². The van der Waals surface area contributed by atoms with Gasteiger partial charge in [-0.3, -0.25) is 4.79 Å². The van der Waals surface area contributed by atoms with Gasteiger partial charge in [0.1, 0.15) is 11.6 Å². The van der Waals surface area contributed by atoms with E-state index in [-0.39, 0.29) is 11.3 Å². The number of nitrogens with zero attached hydrogens (tertiary/aromatic N) is 1. The molecule has 0 fully saturated rings. The minimum atomic E-state index is -1.14. The minimum Gasteiger partial charge on any atom is -0.497 e. The van der Waals surface area contributed by atoms with Crippen molar-refractivity contribution in [1.82, 2.24) is 4.90 Å². The summed E-state index contributed by atoms with van der Waals surface area (Å²) in [6, 6.07) is 12.4. The third kappa shape index (κ3) is 3.90. The van der Waals surface area contributed by atoms with Crippen LogP contribution in [-0.4, -0.2) is 38.0 Å². The molecule has 126 valence electrons. The molecule has 24 heavy (non-hydrogen) atoms. The van der Waals surface area contributed by atoms with Crippen LogP contribution in [-0.2, 0) is 9.53 Å². The summed E-state index contributed by atoms with van der Waals surface area (Å²) >= 11 is 0. The highest BCUT2D eigenvalue weighted by atomic mass is 19.1. The lowest BCUT2D eigenvalue weighted by atomic mass is 10.1. The minimum absolute atomic E-state index is 0.261. The van der Waals surface area contributed by atoms with E-state index in [1.165, 1.54) is 24.1 Å². The highest BCUT2D eigenvalue weighted by Crippen LogP contribution is 2.23. The molecule has 0 aliphatic heterocycles. The molecule has 0 saturated carbocycles. The fourth-order valence-corrected chi connectivity index (χ4v) is 2.08. The van der Waals surface area contributed by atoms with Gasteiger partial charge in [-0.05, 0) is 12.1 Å². The zero-order chi connectivity index (χ0) is 17.7. The van der Waals surface area contributed by atoms with E-state index >= 15 is 0 Å². The van der Waals surface area contributed by atoms with Gasteiger partial charge in [0.25, 0.3) is 5.91 Å². The fraction of sp³-hybridized carbons (Fsp3) is 0.222. The van der Waals surface area contributed by atoms with E-state index in [0.717, 1.165) is 6.07 Å². The molecule has 0 spiro atoms. The van der Waals surface area contributed by atoms with E-state index < -0.39 is 23.8 Å². The SMILES string of the molecule is COc1ccc(C(=O)O[C@@H](C(=O)N(C)C)c2ccccc2)c(F)c1. The first-order chi connectivity index (χ1) is 11.4. The molecule has 1 amide bonds. The van der Waals surface area contributed by atoms with Crippen LogP contribution in [0.25, 0.3) is 0 Å². The highest BCUT2D eigenvalue weighted by Gasteiger charge is 2.28. The Kier molecular flexibility index (Phi) is 5.52. The van der Waals surface area contributed by atoms with Gasteiger partial charge in [-0.1, -0.05) is 30.3 Å². The molecule has 2 rings (SSSR count). The Morgan fingerprint density at radius 3 is 2.29 bits per heavy atom. The van der Waals surface area contributed by atoms with Crippen LogP contribution in [0.2, 0.25) is 0 Å². The van der Waals surface area contributed by atoms with E-state index in [1.807, 2.05) is 0 Å².